The maximum Gasteiger partial charge on any atom is 0.396 e. The van der Waals surface area contributed by atoms with E-state index in [0.717, 1.165) is 42.5 Å². The fraction of sp³-hybridized carbons (Fsp3) is 0.688. The first-order chi connectivity index (χ1) is 11.1. The van der Waals surface area contributed by atoms with Gasteiger partial charge in [-0.1, -0.05) is 33.1 Å². The lowest BCUT2D eigenvalue weighted by Crippen LogP contribution is -2.58. The molecule has 1 amide bonds. The summed E-state index contributed by atoms with van der Waals surface area (Å²) < 4.78 is -0.277. The van der Waals surface area contributed by atoms with Crippen molar-refractivity contribution in [2.24, 2.45) is 9.98 Å². The number of unbranched alkanes of at least 4 members (excludes halogenated alkanes) is 2. The van der Waals surface area contributed by atoms with Crippen LogP contribution in [0.5, 0.6) is 0 Å². The Labute approximate surface area is 136 Å². The van der Waals surface area contributed by atoms with Crippen molar-refractivity contribution in [3.63, 3.8) is 0 Å². The number of hydrogen-bond acceptors (Lipinski definition) is 5. The van der Waals surface area contributed by atoms with Crippen molar-refractivity contribution in [1.82, 2.24) is 4.90 Å². The van der Waals surface area contributed by atoms with Crippen molar-refractivity contribution in [1.29, 1.82) is 0 Å². The van der Waals surface area contributed by atoms with Crippen molar-refractivity contribution in [2.75, 3.05) is 20.1 Å². The molecule has 7 heteroatoms. The topological polar surface area (TPSA) is 65.1 Å². The zero-order valence-electron chi connectivity index (χ0n) is 14.2. The van der Waals surface area contributed by atoms with Gasteiger partial charge < -0.3 is 0 Å². The lowest BCUT2D eigenvalue weighted by molar-refractivity contribution is -1.22. The number of fused-ring (bicyclic) bond motifs is 2. The van der Waals surface area contributed by atoms with Crippen molar-refractivity contribution < 1.29 is 14.3 Å². The first kappa shape index (κ1) is 16.0. The van der Waals surface area contributed by atoms with Gasteiger partial charge >= 0.3 is 11.7 Å². The molecule has 2 unspecified atom stereocenters. The molecular weight excluding hydrogens is 294 g/mol. The van der Waals surface area contributed by atoms with Crippen molar-refractivity contribution in [3.05, 3.63) is 16.3 Å². The Hall–Kier alpha value is -1.89. The zero-order valence-corrected chi connectivity index (χ0v) is 14.2. The summed E-state index contributed by atoms with van der Waals surface area (Å²) in [6.45, 7) is 5.08. The molecule has 0 aliphatic carbocycles. The second-order valence-corrected chi connectivity index (χ2v) is 6.44. The monoisotopic (exact) mass is 319 g/mol. The van der Waals surface area contributed by atoms with E-state index in [-0.39, 0.29) is 16.5 Å². The number of hydrogen-bond donors (Lipinski definition) is 0. The summed E-state index contributed by atoms with van der Waals surface area (Å²) in [5.74, 6) is 1.09. The van der Waals surface area contributed by atoms with Gasteiger partial charge in [0.15, 0.2) is 22.8 Å². The molecule has 0 aromatic heterocycles. The quantitative estimate of drug-likeness (QED) is 0.555. The fourth-order valence-corrected chi connectivity index (χ4v) is 3.58. The van der Waals surface area contributed by atoms with Gasteiger partial charge in [-0.05, 0) is 15.9 Å². The highest BCUT2D eigenvalue weighted by atomic mass is 16.4. The van der Waals surface area contributed by atoms with Crippen LogP contribution in [0.2, 0.25) is 0 Å². The molecule has 124 valence electrons. The van der Waals surface area contributed by atoms with Gasteiger partial charge in [-0.3, -0.25) is 0 Å². The molecule has 0 aromatic rings. The standard InChI is InChI=1S/C16H25N5O2/c1-4-6-8-13-16(22)21(9-7-5-2)14(18-13)12-10-17-11-19(3)15(12)20(21)23/h11,13H,4-10H2,1-3H3/q+2. The van der Waals surface area contributed by atoms with Crippen molar-refractivity contribution in [3.8, 4) is 0 Å². The van der Waals surface area contributed by atoms with Crippen LogP contribution in [0.3, 0.4) is 0 Å². The number of amidine groups is 1. The third-order valence-corrected chi connectivity index (χ3v) is 4.81. The van der Waals surface area contributed by atoms with Crippen LogP contribution in [0.25, 0.3) is 0 Å². The minimum absolute atomic E-state index is 0.0697. The average molecular weight is 319 g/mol. The summed E-state index contributed by atoms with van der Waals surface area (Å²) in [5.41, 5.74) is 0.813. The van der Waals surface area contributed by atoms with E-state index in [1.165, 1.54) is 0 Å². The molecular formula is C16H25N5O2+2. The Morgan fingerprint density at radius 1 is 1.35 bits per heavy atom. The van der Waals surface area contributed by atoms with E-state index in [0.29, 0.717) is 24.7 Å². The molecule has 3 aliphatic heterocycles. The third kappa shape index (κ3) is 2.17. The fourth-order valence-electron chi connectivity index (χ4n) is 3.58. The van der Waals surface area contributed by atoms with E-state index in [1.54, 1.807) is 18.3 Å². The molecule has 0 bridgehead atoms. The molecule has 0 saturated heterocycles. The van der Waals surface area contributed by atoms with Crippen molar-refractivity contribution >= 4 is 18.1 Å². The Morgan fingerprint density at radius 2 is 2.09 bits per heavy atom. The summed E-state index contributed by atoms with van der Waals surface area (Å²) in [5, 5.41) is 0. The molecule has 0 radical (unpaired) electrons. The molecule has 0 spiro atoms. The molecule has 7 nitrogen and oxygen atoms in total. The summed E-state index contributed by atoms with van der Waals surface area (Å²) in [7, 11) is 1.79. The molecule has 2 atom stereocenters. The number of carbonyl (C=O) groups is 1. The number of nitroso groups, excluding NO2 is 1. The SMILES string of the molecule is CCCCC1N=C2C3=C(N(C)C=NC3)[N+](=O)[N+]2(CCCC)C1=O. The second kappa shape index (κ2) is 5.96. The van der Waals surface area contributed by atoms with E-state index in [2.05, 4.69) is 18.8 Å². The zero-order chi connectivity index (χ0) is 16.6. The van der Waals surface area contributed by atoms with Gasteiger partial charge in [0, 0.05) is 6.42 Å². The summed E-state index contributed by atoms with van der Waals surface area (Å²) >= 11 is 0. The molecule has 0 aromatic carbocycles. The number of nitrogens with zero attached hydrogens (tertiary/aromatic N) is 5. The van der Waals surface area contributed by atoms with Crippen LogP contribution in [-0.4, -0.2) is 58.6 Å². The van der Waals surface area contributed by atoms with Gasteiger partial charge in [0.25, 0.3) is 5.84 Å². The Morgan fingerprint density at radius 3 is 2.78 bits per heavy atom. The lowest BCUT2D eigenvalue weighted by Gasteiger charge is -2.20. The molecule has 3 aliphatic rings. The van der Waals surface area contributed by atoms with E-state index < -0.39 is 0 Å². The summed E-state index contributed by atoms with van der Waals surface area (Å²) in [6, 6.07) is -0.386. The van der Waals surface area contributed by atoms with Gasteiger partial charge in [0.05, 0.1) is 13.6 Å². The molecule has 3 rings (SSSR count). The van der Waals surface area contributed by atoms with E-state index in [1.807, 2.05) is 0 Å². The van der Waals surface area contributed by atoms with Gasteiger partial charge in [-0.15, -0.1) is 0 Å². The smallest absolute Gasteiger partial charge is 0.249 e. The third-order valence-electron chi connectivity index (χ3n) is 4.81. The average Bonchev–Trinajstić information content (AvgIpc) is 2.96. The molecule has 0 saturated carbocycles. The van der Waals surface area contributed by atoms with E-state index in [9.17, 15) is 9.70 Å². The van der Waals surface area contributed by atoms with Crippen LogP contribution in [0, 0.1) is 4.91 Å². The summed E-state index contributed by atoms with van der Waals surface area (Å²) in [4.78, 5) is 37.8. The predicted molar refractivity (Wildman–Crippen MR) is 87.6 cm³/mol. The van der Waals surface area contributed by atoms with E-state index in [4.69, 9.17) is 4.99 Å². The van der Waals surface area contributed by atoms with Gasteiger partial charge in [-0.2, -0.15) is 0 Å². The number of aliphatic imine (C=N–C) groups is 2. The highest BCUT2D eigenvalue weighted by Crippen LogP contribution is 2.38. The first-order valence-electron chi connectivity index (χ1n) is 8.52. The molecule has 0 N–H and O–H groups in total. The Bertz CT molecular complexity index is 636. The van der Waals surface area contributed by atoms with E-state index >= 15 is 0 Å². The second-order valence-electron chi connectivity index (χ2n) is 6.44. The number of rotatable bonds is 6. The van der Waals surface area contributed by atoms with Crippen LogP contribution < -0.4 is 0 Å². The Balaban J connectivity index is 2.03. The molecule has 23 heavy (non-hydrogen) atoms. The maximum atomic E-state index is 13.1. The van der Waals surface area contributed by atoms with Gasteiger partial charge in [-0.25, -0.2) is 19.7 Å². The van der Waals surface area contributed by atoms with Crippen molar-refractivity contribution in [2.45, 2.75) is 52.0 Å². The highest BCUT2D eigenvalue weighted by Gasteiger charge is 2.69. The van der Waals surface area contributed by atoms with Crippen LogP contribution in [0.4, 0.5) is 0 Å². The first-order valence-corrected chi connectivity index (χ1v) is 8.52. The van der Waals surface area contributed by atoms with Crippen LogP contribution in [-0.2, 0) is 4.79 Å². The molecule has 0 fully saturated rings. The minimum Gasteiger partial charge on any atom is -0.249 e. The van der Waals surface area contributed by atoms with Crippen LogP contribution in [0.15, 0.2) is 21.4 Å². The summed E-state index contributed by atoms with van der Waals surface area (Å²) in [6.07, 6.45) is 6.08. The minimum atomic E-state index is -0.386. The maximum absolute atomic E-state index is 13.1. The lowest BCUT2D eigenvalue weighted by atomic mass is 10.1. The number of carbonyl (C=O) groups excluding carboxylic acids is 1. The molecule has 3 heterocycles. The highest BCUT2D eigenvalue weighted by molar-refractivity contribution is 6.06. The van der Waals surface area contributed by atoms with Crippen LogP contribution >= 0.6 is 0 Å². The number of quaternary nitrogens is 1. The van der Waals surface area contributed by atoms with Gasteiger partial charge in [0.1, 0.15) is 6.54 Å². The normalized spacial score (nSPS) is 29.3. The largest absolute Gasteiger partial charge is 0.396 e. The van der Waals surface area contributed by atoms with Gasteiger partial charge in [0.2, 0.25) is 0 Å². The Kier molecular flexibility index (Phi) is 4.14. The number of amides is 1. The van der Waals surface area contributed by atoms with Crippen LogP contribution in [0.1, 0.15) is 46.0 Å². The predicted octanol–water partition coefficient (Wildman–Crippen LogP) is 1.99.